The van der Waals surface area contributed by atoms with Gasteiger partial charge in [-0.1, -0.05) is 0 Å². The van der Waals surface area contributed by atoms with E-state index < -0.39 is 6.98 Å². The Morgan fingerprint density at radius 3 is 3.45 bits per heavy atom. The second-order valence-corrected chi connectivity index (χ2v) is 3.17. The third-order valence-corrected chi connectivity index (χ3v) is 1.93. The molecule has 2 aromatic rings. The maximum absolute atomic E-state index is 7.27. The topological polar surface area (TPSA) is 17.8 Å². The molecule has 0 spiro atoms. The number of aromatic nitrogens is 2. The van der Waals surface area contributed by atoms with Gasteiger partial charge in [-0.15, -0.1) is 0 Å². The molecule has 56 valence electrons. The number of hydrogen-bond acceptors (Lipinski definition) is 1. The first-order valence-corrected chi connectivity index (χ1v) is 3.91. The fourth-order valence-corrected chi connectivity index (χ4v) is 1.35. The summed E-state index contributed by atoms with van der Waals surface area (Å²) >= 11 is 3.28. The standard InChI is InChI=1S/C8H7BrN2/c1-11-3-2-6-4-7(9)5-10-8(6)11/h2-5H,1H3/i1D3. The number of hydrogen-bond donors (Lipinski definition) is 0. The van der Waals surface area contributed by atoms with E-state index in [-0.39, 0.29) is 0 Å². The van der Waals surface area contributed by atoms with E-state index in [4.69, 9.17) is 4.11 Å². The minimum absolute atomic E-state index is 0.480. The van der Waals surface area contributed by atoms with E-state index in [1.165, 1.54) is 10.8 Å². The van der Waals surface area contributed by atoms with E-state index in [0.717, 1.165) is 9.86 Å². The molecule has 0 saturated heterocycles. The third-order valence-electron chi connectivity index (χ3n) is 1.49. The molecule has 2 aromatic heterocycles. The highest BCUT2D eigenvalue weighted by Crippen LogP contribution is 2.16. The molecule has 0 aromatic carbocycles. The van der Waals surface area contributed by atoms with Crippen molar-refractivity contribution in [1.29, 1.82) is 0 Å². The SMILES string of the molecule is [2H]C([2H])([2H])n1ccc2cc(Br)cnc21. The van der Waals surface area contributed by atoms with Crippen LogP contribution in [0.3, 0.4) is 0 Å². The van der Waals surface area contributed by atoms with Gasteiger partial charge in [0.25, 0.3) is 0 Å². The van der Waals surface area contributed by atoms with Crippen molar-refractivity contribution < 1.29 is 4.11 Å². The highest BCUT2D eigenvalue weighted by atomic mass is 79.9. The maximum atomic E-state index is 7.27. The van der Waals surface area contributed by atoms with Gasteiger partial charge in [-0.25, -0.2) is 4.98 Å². The molecule has 0 saturated carbocycles. The van der Waals surface area contributed by atoms with Gasteiger partial charge in [0.15, 0.2) is 0 Å². The van der Waals surface area contributed by atoms with Crippen LogP contribution in [0.1, 0.15) is 4.11 Å². The van der Waals surface area contributed by atoms with Gasteiger partial charge in [-0.2, -0.15) is 0 Å². The van der Waals surface area contributed by atoms with Gasteiger partial charge in [-0.3, -0.25) is 0 Å². The summed E-state index contributed by atoms with van der Waals surface area (Å²) in [5.74, 6) is 0. The van der Waals surface area contributed by atoms with E-state index >= 15 is 0 Å². The average molecular weight is 214 g/mol. The van der Waals surface area contributed by atoms with Gasteiger partial charge in [0, 0.05) is 33.3 Å². The molecule has 2 nitrogen and oxygen atoms in total. The number of halogens is 1. The summed E-state index contributed by atoms with van der Waals surface area (Å²) in [4.78, 5) is 4.06. The van der Waals surface area contributed by atoms with Crippen LogP contribution >= 0.6 is 15.9 Å². The van der Waals surface area contributed by atoms with Crippen molar-refractivity contribution in [3.8, 4) is 0 Å². The average Bonchev–Trinajstić information content (AvgIpc) is 2.45. The third kappa shape index (κ3) is 1.05. The van der Waals surface area contributed by atoms with Gasteiger partial charge in [0.1, 0.15) is 5.65 Å². The van der Waals surface area contributed by atoms with Crippen molar-refractivity contribution in [1.82, 2.24) is 9.55 Å². The Kier molecular flexibility index (Phi) is 0.906. The van der Waals surface area contributed by atoms with Crippen molar-refractivity contribution in [3.05, 3.63) is 29.0 Å². The summed E-state index contributed by atoms with van der Waals surface area (Å²) in [5, 5.41) is 0.815. The molecule has 0 radical (unpaired) electrons. The quantitative estimate of drug-likeness (QED) is 0.658. The van der Waals surface area contributed by atoms with Crippen molar-refractivity contribution in [2.24, 2.45) is 6.98 Å². The van der Waals surface area contributed by atoms with Crippen molar-refractivity contribution in [2.45, 2.75) is 0 Å². The van der Waals surface area contributed by atoms with Crippen LogP contribution in [0.4, 0.5) is 0 Å². The summed E-state index contributed by atoms with van der Waals surface area (Å²) in [6.07, 6.45) is 3.11. The maximum Gasteiger partial charge on any atom is 0.139 e. The number of fused-ring (bicyclic) bond motifs is 1. The van der Waals surface area contributed by atoms with Gasteiger partial charge in [-0.05, 0) is 28.1 Å². The van der Waals surface area contributed by atoms with Crippen LogP contribution < -0.4 is 0 Å². The van der Waals surface area contributed by atoms with Gasteiger partial charge in [0.2, 0.25) is 0 Å². The Bertz CT molecular complexity index is 475. The van der Waals surface area contributed by atoms with Crippen molar-refractivity contribution >= 4 is 27.0 Å². The molecule has 0 aliphatic heterocycles. The summed E-state index contributed by atoms with van der Waals surface area (Å²) in [6, 6.07) is 3.57. The zero-order valence-electron chi connectivity index (χ0n) is 8.58. The van der Waals surface area contributed by atoms with Crippen LogP contribution in [0.15, 0.2) is 29.0 Å². The smallest absolute Gasteiger partial charge is 0.139 e. The van der Waals surface area contributed by atoms with E-state index in [2.05, 4.69) is 20.9 Å². The highest BCUT2D eigenvalue weighted by molar-refractivity contribution is 9.10. The van der Waals surface area contributed by atoms with Crippen LogP contribution in [0.2, 0.25) is 0 Å². The number of nitrogens with zero attached hydrogens (tertiary/aromatic N) is 2. The molecule has 0 aliphatic rings. The van der Waals surface area contributed by atoms with E-state index in [1.54, 1.807) is 12.3 Å². The van der Waals surface area contributed by atoms with Crippen molar-refractivity contribution in [3.63, 3.8) is 0 Å². The monoisotopic (exact) mass is 213 g/mol. The minimum Gasteiger partial charge on any atom is -0.336 e. The normalized spacial score (nSPS) is 15.9. The molecule has 0 aliphatic carbocycles. The van der Waals surface area contributed by atoms with Crippen LogP contribution in [0.25, 0.3) is 11.0 Å². The Morgan fingerprint density at radius 1 is 1.73 bits per heavy atom. The predicted octanol–water partition coefficient (Wildman–Crippen LogP) is 2.34. The number of rotatable bonds is 0. The Morgan fingerprint density at radius 2 is 2.64 bits per heavy atom. The van der Waals surface area contributed by atoms with Crippen LogP contribution in [0.5, 0.6) is 0 Å². The summed E-state index contributed by atoms with van der Waals surface area (Å²) in [6.45, 7) is -2.16. The molecule has 2 rings (SSSR count). The lowest BCUT2D eigenvalue weighted by Crippen LogP contribution is -1.86. The minimum atomic E-state index is -2.16. The molecule has 2 heterocycles. The van der Waals surface area contributed by atoms with Gasteiger partial charge >= 0.3 is 0 Å². The second kappa shape index (κ2) is 2.34. The summed E-state index contributed by atoms with van der Waals surface area (Å²) in [7, 11) is 0. The second-order valence-electron chi connectivity index (χ2n) is 2.25. The number of aryl methyl sites for hydroxylation is 1. The molecule has 0 atom stereocenters. The molecular weight excluding hydrogens is 204 g/mol. The first-order chi connectivity index (χ1) is 6.48. The van der Waals surface area contributed by atoms with Gasteiger partial charge < -0.3 is 4.57 Å². The first-order valence-electron chi connectivity index (χ1n) is 4.61. The largest absolute Gasteiger partial charge is 0.336 e. The van der Waals surface area contributed by atoms with Gasteiger partial charge in [0.05, 0.1) is 0 Å². The fraction of sp³-hybridized carbons (Fsp3) is 0.125. The molecule has 0 N–H and O–H groups in total. The molecule has 0 unspecified atom stereocenters. The van der Waals surface area contributed by atoms with E-state index in [1.807, 2.05) is 6.07 Å². The zero-order chi connectivity index (χ0) is 10.3. The summed E-state index contributed by atoms with van der Waals surface area (Å²) < 4.78 is 23.8. The summed E-state index contributed by atoms with van der Waals surface area (Å²) in [5.41, 5.74) is 0.480. The molecule has 0 amide bonds. The van der Waals surface area contributed by atoms with Crippen molar-refractivity contribution in [2.75, 3.05) is 0 Å². The number of pyridine rings is 1. The van der Waals surface area contributed by atoms with Crippen LogP contribution in [-0.4, -0.2) is 9.55 Å². The van der Waals surface area contributed by atoms with E-state index in [0.29, 0.717) is 5.65 Å². The Hall–Kier alpha value is -0.830. The van der Waals surface area contributed by atoms with Crippen LogP contribution in [0, 0.1) is 0 Å². The fourth-order valence-electron chi connectivity index (χ4n) is 0.997. The molecular formula is C8H7BrN2. The zero-order valence-corrected chi connectivity index (χ0v) is 7.17. The highest BCUT2D eigenvalue weighted by Gasteiger charge is 1.97. The van der Waals surface area contributed by atoms with Crippen LogP contribution in [-0.2, 0) is 6.98 Å². The lowest BCUT2D eigenvalue weighted by molar-refractivity contribution is 0.948. The molecule has 11 heavy (non-hydrogen) atoms. The Labute approximate surface area is 77.2 Å². The predicted molar refractivity (Wildman–Crippen MR) is 48.4 cm³/mol. The first kappa shape index (κ1) is 4.26. The molecule has 0 bridgehead atoms. The molecule has 3 heteroatoms. The van der Waals surface area contributed by atoms with E-state index in [9.17, 15) is 0 Å². The Balaban J connectivity index is 2.70. The lowest BCUT2D eigenvalue weighted by atomic mass is 10.3. The molecule has 0 fully saturated rings. The lowest BCUT2D eigenvalue weighted by Gasteiger charge is -1.93.